The standard InChI is InChI=1S/C8H14N4O/c1-10-8(13)2-4-12-5-3-11-7(12)6-9/h3,5H,2,4,6,9H2,1H3,(H,10,13). The average molecular weight is 182 g/mol. The molecule has 0 spiro atoms. The average Bonchev–Trinajstić information content (AvgIpc) is 2.61. The lowest BCUT2D eigenvalue weighted by molar-refractivity contribution is -0.120. The second-order valence-corrected chi connectivity index (χ2v) is 2.66. The minimum atomic E-state index is 0.0247. The van der Waals surface area contributed by atoms with E-state index in [1.165, 1.54) is 0 Å². The van der Waals surface area contributed by atoms with Crippen molar-refractivity contribution in [1.82, 2.24) is 14.9 Å². The van der Waals surface area contributed by atoms with Gasteiger partial charge < -0.3 is 15.6 Å². The molecule has 1 aromatic heterocycles. The summed E-state index contributed by atoms with van der Waals surface area (Å²) in [4.78, 5) is 15.0. The van der Waals surface area contributed by atoms with E-state index in [2.05, 4.69) is 10.3 Å². The molecule has 72 valence electrons. The molecule has 5 nitrogen and oxygen atoms in total. The molecule has 0 atom stereocenters. The molecular formula is C8H14N4O. The van der Waals surface area contributed by atoms with E-state index < -0.39 is 0 Å². The fraction of sp³-hybridized carbons (Fsp3) is 0.500. The first-order valence-electron chi connectivity index (χ1n) is 4.18. The summed E-state index contributed by atoms with van der Waals surface area (Å²) in [7, 11) is 1.63. The van der Waals surface area contributed by atoms with Gasteiger partial charge >= 0.3 is 0 Å². The predicted octanol–water partition coefficient (Wildman–Crippen LogP) is -0.522. The van der Waals surface area contributed by atoms with Crippen LogP contribution in [0.2, 0.25) is 0 Å². The van der Waals surface area contributed by atoms with Gasteiger partial charge in [0.15, 0.2) is 0 Å². The molecule has 0 aliphatic heterocycles. The largest absolute Gasteiger partial charge is 0.359 e. The van der Waals surface area contributed by atoms with Gasteiger partial charge in [-0.3, -0.25) is 4.79 Å². The van der Waals surface area contributed by atoms with Crippen LogP contribution in [0.1, 0.15) is 12.2 Å². The minimum absolute atomic E-state index is 0.0247. The number of imidazole rings is 1. The third-order valence-electron chi connectivity index (χ3n) is 1.84. The molecule has 1 amide bonds. The van der Waals surface area contributed by atoms with Crippen molar-refractivity contribution in [3.63, 3.8) is 0 Å². The van der Waals surface area contributed by atoms with E-state index in [9.17, 15) is 4.79 Å². The molecule has 1 aromatic rings. The lowest BCUT2D eigenvalue weighted by Crippen LogP contribution is -2.20. The van der Waals surface area contributed by atoms with Crippen LogP contribution in [-0.4, -0.2) is 22.5 Å². The van der Waals surface area contributed by atoms with Crippen LogP contribution in [0, 0.1) is 0 Å². The highest BCUT2D eigenvalue weighted by molar-refractivity contribution is 5.75. The first-order chi connectivity index (χ1) is 6.27. The Morgan fingerprint density at radius 2 is 2.54 bits per heavy atom. The number of carbonyl (C=O) groups excluding carboxylic acids is 1. The zero-order valence-electron chi connectivity index (χ0n) is 7.66. The summed E-state index contributed by atoms with van der Waals surface area (Å²) in [5.41, 5.74) is 5.45. The third-order valence-corrected chi connectivity index (χ3v) is 1.84. The molecule has 3 N–H and O–H groups in total. The molecule has 0 aliphatic rings. The fourth-order valence-electron chi connectivity index (χ4n) is 1.08. The van der Waals surface area contributed by atoms with E-state index in [-0.39, 0.29) is 5.91 Å². The number of nitrogens with zero attached hydrogens (tertiary/aromatic N) is 2. The Morgan fingerprint density at radius 3 is 3.15 bits per heavy atom. The normalized spacial score (nSPS) is 10.0. The molecule has 5 heteroatoms. The molecule has 0 radical (unpaired) electrons. The third kappa shape index (κ3) is 2.55. The van der Waals surface area contributed by atoms with Crippen LogP contribution in [0.15, 0.2) is 12.4 Å². The summed E-state index contributed by atoms with van der Waals surface area (Å²) >= 11 is 0. The van der Waals surface area contributed by atoms with Crippen molar-refractivity contribution in [2.24, 2.45) is 5.73 Å². The maximum atomic E-state index is 10.9. The summed E-state index contributed by atoms with van der Waals surface area (Å²) < 4.78 is 1.88. The van der Waals surface area contributed by atoms with Gasteiger partial charge in [0.05, 0.1) is 6.54 Å². The van der Waals surface area contributed by atoms with Gasteiger partial charge in [-0.05, 0) is 0 Å². The molecule has 0 aromatic carbocycles. The SMILES string of the molecule is CNC(=O)CCn1ccnc1CN. The molecule has 1 rings (SSSR count). The van der Waals surface area contributed by atoms with Crippen LogP contribution in [0.3, 0.4) is 0 Å². The number of aryl methyl sites for hydroxylation is 1. The zero-order valence-corrected chi connectivity index (χ0v) is 7.66. The highest BCUT2D eigenvalue weighted by atomic mass is 16.1. The van der Waals surface area contributed by atoms with E-state index in [1.54, 1.807) is 13.2 Å². The van der Waals surface area contributed by atoms with E-state index in [1.807, 2.05) is 10.8 Å². The molecule has 0 fully saturated rings. The van der Waals surface area contributed by atoms with Crippen LogP contribution >= 0.6 is 0 Å². The van der Waals surface area contributed by atoms with Gasteiger partial charge in [0.25, 0.3) is 0 Å². The maximum absolute atomic E-state index is 10.9. The number of nitrogens with two attached hydrogens (primary N) is 1. The molecule has 0 unspecified atom stereocenters. The van der Waals surface area contributed by atoms with Gasteiger partial charge in [-0.1, -0.05) is 0 Å². The van der Waals surface area contributed by atoms with Gasteiger partial charge in [0.1, 0.15) is 5.82 Å². The van der Waals surface area contributed by atoms with E-state index in [0.29, 0.717) is 19.5 Å². The molecule has 1 heterocycles. The Balaban J connectivity index is 2.49. The van der Waals surface area contributed by atoms with E-state index in [4.69, 9.17) is 5.73 Å². The fourth-order valence-corrected chi connectivity index (χ4v) is 1.08. The van der Waals surface area contributed by atoms with Crippen LogP contribution < -0.4 is 11.1 Å². The predicted molar refractivity (Wildman–Crippen MR) is 48.8 cm³/mol. The Hall–Kier alpha value is -1.36. The summed E-state index contributed by atoms with van der Waals surface area (Å²) in [6.07, 6.45) is 3.97. The van der Waals surface area contributed by atoms with Crippen molar-refractivity contribution in [3.8, 4) is 0 Å². The molecule has 0 aliphatic carbocycles. The summed E-state index contributed by atoms with van der Waals surface area (Å²) in [6.45, 7) is 1.03. The van der Waals surface area contributed by atoms with Crippen molar-refractivity contribution in [2.75, 3.05) is 7.05 Å². The van der Waals surface area contributed by atoms with Crippen molar-refractivity contribution in [1.29, 1.82) is 0 Å². The van der Waals surface area contributed by atoms with Crippen LogP contribution in [-0.2, 0) is 17.9 Å². The maximum Gasteiger partial charge on any atom is 0.221 e. The van der Waals surface area contributed by atoms with E-state index >= 15 is 0 Å². The molecule has 13 heavy (non-hydrogen) atoms. The summed E-state index contributed by atoms with van der Waals surface area (Å²) in [5.74, 6) is 0.834. The summed E-state index contributed by atoms with van der Waals surface area (Å²) in [5, 5.41) is 2.56. The number of hydrogen-bond acceptors (Lipinski definition) is 3. The second kappa shape index (κ2) is 4.61. The number of aromatic nitrogens is 2. The number of carbonyl (C=O) groups is 1. The zero-order chi connectivity index (χ0) is 9.68. The van der Waals surface area contributed by atoms with Crippen molar-refractivity contribution in [3.05, 3.63) is 18.2 Å². The number of rotatable bonds is 4. The quantitative estimate of drug-likeness (QED) is 0.658. The van der Waals surface area contributed by atoms with Gasteiger partial charge in [0, 0.05) is 32.4 Å². The van der Waals surface area contributed by atoms with Crippen LogP contribution in [0.25, 0.3) is 0 Å². The topological polar surface area (TPSA) is 72.9 Å². The lowest BCUT2D eigenvalue weighted by Gasteiger charge is -2.04. The van der Waals surface area contributed by atoms with Crippen LogP contribution in [0.4, 0.5) is 0 Å². The van der Waals surface area contributed by atoms with Crippen molar-refractivity contribution in [2.45, 2.75) is 19.5 Å². The Bertz CT molecular complexity index is 281. The number of amides is 1. The van der Waals surface area contributed by atoms with Crippen LogP contribution in [0.5, 0.6) is 0 Å². The number of nitrogens with one attached hydrogen (secondary N) is 1. The molecule has 0 bridgehead atoms. The smallest absolute Gasteiger partial charge is 0.221 e. The van der Waals surface area contributed by atoms with Gasteiger partial charge in [-0.15, -0.1) is 0 Å². The second-order valence-electron chi connectivity index (χ2n) is 2.66. The molecule has 0 saturated carbocycles. The summed E-state index contributed by atoms with van der Waals surface area (Å²) in [6, 6.07) is 0. The highest BCUT2D eigenvalue weighted by Crippen LogP contribution is 1.97. The van der Waals surface area contributed by atoms with Crippen molar-refractivity contribution < 1.29 is 4.79 Å². The lowest BCUT2D eigenvalue weighted by atomic mass is 10.4. The minimum Gasteiger partial charge on any atom is -0.359 e. The Kier molecular flexibility index (Phi) is 3.45. The Morgan fingerprint density at radius 1 is 1.77 bits per heavy atom. The number of hydrogen-bond donors (Lipinski definition) is 2. The van der Waals surface area contributed by atoms with Gasteiger partial charge in [0.2, 0.25) is 5.91 Å². The first kappa shape index (κ1) is 9.73. The molecular weight excluding hydrogens is 168 g/mol. The van der Waals surface area contributed by atoms with E-state index in [0.717, 1.165) is 5.82 Å². The molecule has 0 saturated heterocycles. The van der Waals surface area contributed by atoms with Gasteiger partial charge in [-0.2, -0.15) is 0 Å². The monoisotopic (exact) mass is 182 g/mol. The highest BCUT2D eigenvalue weighted by Gasteiger charge is 2.02. The van der Waals surface area contributed by atoms with Gasteiger partial charge in [-0.25, -0.2) is 4.98 Å². The van der Waals surface area contributed by atoms with Crippen molar-refractivity contribution >= 4 is 5.91 Å². The Labute approximate surface area is 76.9 Å². The first-order valence-corrected chi connectivity index (χ1v) is 4.18.